The van der Waals surface area contributed by atoms with Gasteiger partial charge in [-0.2, -0.15) is 13.2 Å². The van der Waals surface area contributed by atoms with Crippen molar-refractivity contribution in [2.75, 3.05) is 11.0 Å². The Kier molecular flexibility index (Phi) is 7.68. The molecule has 1 aromatic heterocycles. The molecule has 1 heterocycles. The van der Waals surface area contributed by atoms with E-state index in [2.05, 4.69) is 10.3 Å². The summed E-state index contributed by atoms with van der Waals surface area (Å²) in [5.41, 5.74) is -0.509. The van der Waals surface area contributed by atoms with E-state index in [0.29, 0.717) is 0 Å². The summed E-state index contributed by atoms with van der Waals surface area (Å²) in [7, 11) is -3.70. The average molecular weight is 528 g/mol. The molecule has 0 saturated carbocycles. The number of aromatic nitrogens is 1. The molecular formula is C24H22F5N3O3S. The molecule has 0 bridgehead atoms. The van der Waals surface area contributed by atoms with E-state index >= 15 is 0 Å². The highest BCUT2D eigenvalue weighted by Gasteiger charge is 2.33. The van der Waals surface area contributed by atoms with E-state index in [1.54, 1.807) is 0 Å². The van der Waals surface area contributed by atoms with E-state index < -0.39 is 45.4 Å². The van der Waals surface area contributed by atoms with Crippen molar-refractivity contribution in [2.45, 2.75) is 32.5 Å². The SMILES string of the molecule is Cc1cc(-c2nc(C(F)(F)F)ccc2CNC(=O)C(C)c2ccc(NS(C)(=O)=O)c(F)c2)ccc1F. The van der Waals surface area contributed by atoms with Gasteiger partial charge >= 0.3 is 6.18 Å². The number of benzene rings is 2. The van der Waals surface area contributed by atoms with E-state index in [0.717, 1.165) is 24.5 Å². The summed E-state index contributed by atoms with van der Waals surface area (Å²) >= 11 is 0. The van der Waals surface area contributed by atoms with Crippen LogP contribution in [0.1, 0.15) is 35.2 Å². The third kappa shape index (κ3) is 6.56. The van der Waals surface area contributed by atoms with E-state index in [9.17, 15) is 35.2 Å². The Morgan fingerprint density at radius 3 is 2.31 bits per heavy atom. The molecule has 0 radical (unpaired) electrons. The molecule has 6 nitrogen and oxygen atoms in total. The van der Waals surface area contributed by atoms with Crippen LogP contribution in [0.5, 0.6) is 0 Å². The number of hydrogen-bond acceptors (Lipinski definition) is 4. The number of aryl methyl sites for hydroxylation is 1. The van der Waals surface area contributed by atoms with Gasteiger partial charge in [0.25, 0.3) is 0 Å². The lowest BCUT2D eigenvalue weighted by atomic mass is 9.99. The number of nitrogens with zero attached hydrogens (tertiary/aromatic N) is 1. The molecule has 0 aliphatic rings. The van der Waals surface area contributed by atoms with Crippen LogP contribution in [0.4, 0.5) is 27.6 Å². The molecule has 192 valence electrons. The number of halogens is 5. The van der Waals surface area contributed by atoms with Crippen molar-refractivity contribution < 1.29 is 35.2 Å². The molecule has 36 heavy (non-hydrogen) atoms. The van der Waals surface area contributed by atoms with Crippen molar-refractivity contribution in [1.29, 1.82) is 0 Å². The summed E-state index contributed by atoms with van der Waals surface area (Å²) in [6, 6.07) is 9.33. The molecule has 0 aliphatic heterocycles. The second-order valence-corrected chi connectivity index (χ2v) is 9.97. The largest absolute Gasteiger partial charge is 0.433 e. The van der Waals surface area contributed by atoms with Crippen molar-refractivity contribution in [3.05, 3.63) is 82.5 Å². The van der Waals surface area contributed by atoms with Crippen LogP contribution in [0.2, 0.25) is 0 Å². The lowest BCUT2D eigenvalue weighted by molar-refractivity contribution is -0.141. The third-order valence-corrected chi connectivity index (χ3v) is 5.93. The maximum Gasteiger partial charge on any atom is 0.433 e. The molecule has 1 unspecified atom stereocenters. The van der Waals surface area contributed by atoms with E-state index in [1.165, 1.54) is 44.2 Å². The van der Waals surface area contributed by atoms with E-state index in [-0.39, 0.29) is 40.2 Å². The molecule has 0 spiro atoms. The Morgan fingerprint density at radius 1 is 1.03 bits per heavy atom. The van der Waals surface area contributed by atoms with Gasteiger partial charge in [0.05, 0.1) is 23.6 Å². The molecule has 2 N–H and O–H groups in total. The van der Waals surface area contributed by atoms with Crippen molar-refractivity contribution in [2.24, 2.45) is 0 Å². The topological polar surface area (TPSA) is 88.2 Å². The molecular weight excluding hydrogens is 505 g/mol. The summed E-state index contributed by atoms with van der Waals surface area (Å²) in [5, 5.41) is 2.60. The molecule has 1 atom stereocenters. The lowest BCUT2D eigenvalue weighted by Gasteiger charge is -2.17. The fourth-order valence-corrected chi connectivity index (χ4v) is 3.97. The maximum atomic E-state index is 14.3. The first-order valence-electron chi connectivity index (χ1n) is 10.5. The number of pyridine rings is 1. The van der Waals surface area contributed by atoms with Crippen LogP contribution < -0.4 is 10.0 Å². The van der Waals surface area contributed by atoms with Gasteiger partial charge in [0.1, 0.15) is 17.3 Å². The quantitative estimate of drug-likeness (QED) is 0.417. The number of hydrogen-bond donors (Lipinski definition) is 2. The number of alkyl halides is 3. The van der Waals surface area contributed by atoms with Gasteiger partial charge in [0.2, 0.25) is 15.9 Å². The van der Waals surface area contributed by atoms with Gasteiger partial charge < -0.3 is 5.32 Å². The summed E-state index contributed by atoms with van der Waals surface area (Å²) in [4.78, 5) is 16.4. The Hall–Kier alpha value is -3.54. The lowest BCUT2D eigenvalue weighted by Crippen LogP contribution is -2.28. The Morgan fingerprint density at radius 2 is 1.72 bits per heavy atom. The van der Waals surface area contributed by atoms with E-state index in [1.807, 2.05) is 4.72 Å². The van der Waals surface area contributed by atoms with Crippen LogP contribution in [-0.2, 0) is 27.5 Å². The summed E-state index contributed by atoms with van der Waals surface area (Å²) in [5.74, 6) is -2.83. The number of sulfonamides is 1. The van der Waals surface area contributed by atoms with Crippen molar-refractivity contribution >= 4 is 21.6 Å². The molecule has 3 aromatic rings. The molecule has 0 fully saturated rings. The zero-order chi connectivity index (χ0) is 26.8. The Bertz CT molecular complexity index is 1410. The molecule has 12 heteroatoms. The first-order chi connectivity index (χ1) is 16.7. The molecule has 2 aromatic carbocycles. The third-order valence-electron chi connectivity index (χ3n) is 5.34. The van der Waals surface area contributed by atoms with Crippen LogP contribution in [0, 0.1) is 18.6 Å². The highest BCUT2D eigenvalue weighted by atomic mass is 32.2. The number of carbonyl (C=O) groups is 1. The number of nitrogens with one attached hydrogen (secondary N) is 2. The smallest absolute Gasteiger partial charge is 0.351 e. The minimum Gasteiger partial charge on any atom is -0.351 e. The maximum absolute atomic E-state index is 14.3. The van der Waals surface area contributed by atoms with Crippen LogP contribution >= 0.6 is 0 Å². The highest BCUT2D eigenvalue weighted by molar-refractivity contribution is 7.92. The highest BCUT2D eigenvalue weighted by Crippen LogP contribution is 2.32. The van der Waals surface area contributed by atoms with E-state index in [4.69, 9.17) is 0 Å². The summed E-state index contributed by atoms with van der Waals surface area (Å²) < 4.78 is 92.4. The second kappa shape index (κ2) is 10.2. The molecule has 1 amide bonds. The zero-order valence-electron chi connectivity index (χ0n) is 19.4. The first kappa shape index (κ1) is 27.1. The van der Waals surface area contributed by atoms with Gasteiger partial charge in [-0.15, -0.1) is 0 Å². The predicted octanol–water partition coefficient (Wildman–Crippen LogP) is 5.15. The minimum atomic E-state index is -4.71. The number of rotatable bonds is 7. The van der Waals surface area contributed by atoms with Crippen LogP contribution in [0.15, 0.2) is 48.5 Å². The van der Waals surface area contributed by atoms with Crippen LogP contribution in [0.25, 0.3) is 11.3 Å². The van der Waals surface area contributed by atoms with Crippen LogP contribution in [-0.4, -0.2) is 25.6 Å². The average Bonchev–Trinajstić information content (AvgIpc) is 2.78. The summed E-state index contributed by atoms with van der Waals surface area (Å²) in [6.45, 7) is 2.75. The van der Waals surface area contributed by atoms with Crippen molar-refractivity contribution in [3.63, 3.8) is 0 Å². The molecule has 0 saturated heterocycles. The number of carbonyl (C=O) groups excluding carboxylic acids is 1. The monoisotopic (exact) mass is 527 g/mol. The minimum absolute atomic E-state index is 0.0666. The first-order valence-corrected chi connectivity index (χ1v) is 12.4. The van der Waals surface area contributed by atoms with Crippen molar-refractivity contribution in [1.82, 2.24) is 10.3 Å². The molecule has 3 rings (SSSR count). The van der Waals surface area contributed by atoms with Crippen LogP contribution in [0.3, 0.4) is 0 Å². The van der Waals surface area contributed by atoms with Crippen molar-refractivity contribution in [3.8, 4) is 11.3 Å². The van der Waals surface area contributed by atoms with Gasteiger partial charge in [-0.25, -0.2) is 22.2 Å². The van der Waals surface area contributed by atoms with Gasteiger partial charge in [0, 0.05) is 12.1 Å². The fraction of sp³-hybridized carbons (Fsp3) is 0.250. The standard InChI is InChI=1S/C24H22F5N3O3S/c1-13-10-16(4-7-18(13)25)22-17(6-9-21(31-22)24(27,28)29)12-30-23(33)14(2)15-5-8-20(19(26)11-15)32-36(3,34)35/h4-11,14,32H,12H2,1-3H3,(H,30,33). The van der Waals surface area contributed by atoms with Gasteiger partial charge in [-0.1, -0.05) is 12.1 Å². The number of amides is 1. The number of anilines is 1. The van der Waals surface area contributed by atoms with Gasteiger partial charge in [-0.3, -0.25) is 9.52 Å². The molecule has 0 aliphatic carbocycles. The second-order valence-electron chi connectivity index (χ2n) is 8.22. The predicted molar refractivity (Wildman–Crippen MR) is 124 cm³/mol. The Balaban J connectivity index is 1.84. The normalized spacial score (nSPS) is 12.8. The summed E-state index contributed by atoms with van der Waals surface area (Å²) in [6.07, 6.45) is -3.84. The zero-order valence-corrected chi connectivity index (χ0v) is 20.2. The fourth-order valence-electron chi connectivity index (χ4n) is 3.40. The van der Waals surface area contributed by atoms with Gasteiger partial charge in [-0.05, 0) is 66.9 Å². The Labute approximate surface area is 204 Å². The van der Waals surface area contributed by atoms with Gasteiger partial charge in [0.15, 0.2) is 0 Å².